The van der Waals surface area contributed by atoms with Gasteiger partial charge in [0, 0.05) is 12.1 Å². The van der Waals surface area contributed by atoms with E-state index < -0.39 is 0 Å². The zero-order valence-electron chi connectivity index (χ0n) is 9.70. The van der Waals surface area contributed by atoms with Gasteiger partial charge >= 0.3 is 0 Å². The highest BCUT2D eigenvalue weighted by Gasteiger charge is 2.32. The first kappa shape index (κ1) is 10.7. The number of nitriles is 1. The molecule has 2 rings (SSSR count). The minimum atomic E-state index is 0.121. The van der Waals surface area contributed by atoms with Crippen molar-refractivity contribution in [2.75, 3.05) is 17.2 Å². The second-order valence-corrected chi connectivity index (χ2v) is 4.79. The number of aromatic nitrogens is 1. The maximum atomic E-state index is 8.90. The smallest absolute Gasteiger partial charge is 0.165 e. The number of nitrogens with two attached hydrogens (primary N) is 1. The molecule has 0 radical (unpaired) electrons. The summed E-state index contributed by atoms with van der Waals surface area (Å²) < 4.78 is 0. The standard InChI is InChI=1S/C12H16N4/c1-12(2)6-3-7-16(12)11-5-4-9(14)10(8-13)15-11/h4-5H,3,6-7,14H2,1-2H3. The van der Waals surface area contributed by atoms with Crippen molar-refractivity contribution in [1.82, 2.24) is 4.98 Å². The highest BCUT2D eigenvalue weighted by Crippen LogP contribution is 2.32. The van der Waals surface area contributed by atoms with E-state index in [1.165, 1.54) is 6.42 Å². The molecule has 0 saturated carbocycles. The fourth-order valence-corrected chi connectivity index (χ4v) is 2.23. The fraction of sp³-hybridized carbons (Fsp3) is 0.500. The molecule has 1 aliphatic rings. The van der Waals surface area contributed by atoms with Gasteiger partial charge in [-0.05, 0) is 38.8 Å². The van der Waals surface area contributed by atoms with Crippen molar-refractivity contribution in [3.05, 3.63) is 17.8 Å². The van der Waals surface area contributed by atoms with Crippen LogP contribution in [0, 0.1) is 11.3 Å². The third-order valence-electron chi connectivity index (χ3n) is 3.20. The van der Waals surface area contributed by atoms with Gasteiger partial charge in [-0.15, -0.1) is 0 Å². The summed E-state index contributed by atoms with van der Waals surface area (Å²) >= 11 is 0. The Morgan fingerprint density at radius 3 is 2.81 bits per heavy atom. The van der Waals surface area contributed by atoms with Crippen LogP contribution in [0.2, 0.25) is 0 Å². The van der Waals surface area contributed by atoms with Crippen molar-refractivity contribution in [1.29, 1.82) is 5.26 Å². The Labute approximate surface area is 95.7 Å². The first-order valence-corrected chi connectivity index (χ1v) is 5.49. The minimum absolute atomic E-state index is 0.121. The second kappa shape index (κ2) is 3.67. The molecule has 1 aliphatic heterocycles. The summed E-state index contributed by atoms with van der Waals surface area (Å²) in [5, 5.41) is 8.90. The lowest BCUT2D eigenvalue weighted by Crippen LogP contribution is -2.38. The Morgan fingerprint density at radius 1 is 1.50 bits per heavy atom. The molecule has 1 fully saturated rings. The SMILES string of the molecule is CC1(C)CCCN1c1ccc(N)c(C#N)n1. The van der Waals surface area contributed by atoms with Gasteiger partial charge in [-0.3, -0.25) is 0 Å². The zero-order valence-corrected chi connectivity index (χ0v) is 9.70. The van der Waals surface area contributed by atoms with Crippen LogP contribution in [0.5, 0.6) is 0 Å². The van der Waals surface area contributed by atoms with E-state index in [-0.39, 0.29) is 5.54 Å². The first-order valence-electron chi connectivity index (χ1n) is 5.49. The summed E-state index contributed by atoms with van der Waals surface area (Å²) in [7, 11) is 0. The molecule has 84 valence electrons. The topological polar surface area (TPSA) is 65.9 Å². The molecule has 0 bridgehead atoms. The normalized spacial score (nSPS) is 18.4. The zero-order chi connectivity index (χ0) is 11.8. The molecule has 0 aromatic carbocycles. The van der Waals surface area contributed by atoms with Crippen LogP contribution in [0.1, 0.15) is 32.4 Å². The lowest BCUT2D eigenvalue weighted by Gasteiger charge is -2.32. The highest BCUT2D eigenvalue weighted by molar-refractivity contribution is 5.56. The van der Waals surface area contributed by atoms with Crippen LogP contribution < -0.4 is 10.6 Å². The third-order valence-corrected chi connectivity index (χ3v) is 3.20. The predicted octanol–water partition coefficient (Wildman–Crippen LogP) is 1.91. The molecule has 0 unspecified atom stereocenters. The molecule has 1 saturated heterocycles. The average molecular weight is 216 g/mol. The summed E-state index contributed by atoms with van der Waals surface area (Å²) in [6, 6.07) is 5.67. The molecule has 0 atom stereocenters. The number of pyridine rings is 1. The summed E-state index contributed by atoms with van der Waals surface area (Å²) in [6.45, 7) is 5.39. The number of rotatable bonds is 1. The Kier molecular flexibility index (Phi) is 2.47. The van der Waals surface area contributed by atoms with Gasteiger partial charge in [0.1, 0.15) is 11.9 Å². The van der Waals surface area contributed by atoms with Gasteiger partial charge < -0.3 is 10.6 Å². The molecule has 1 aromatic rings. The van der Waals surface area contributed by atoms with Gasteiger partial charge in [-0.25, -0.2) is 4.98 Å². The average Bonchev–Trinajstić information content (AvgIpc) is 2.59. The second-order valence-electron chi connectivity index (χ2n) is 4.79. The van der Waals surface area contributed by atoms with Gasteiger partial charge in [0.2, 0.25) is 0 Å². The summed E-state index contributed by atoms with van der Waals surface area (Å²) in [4.78, 5) is 6.55. The predicted molar refractivity (Wildman–Crippen MR) is 64.0 cm³/mol. The van der Waals surface area contributed by atoms with Crippen LogP contribution in [-0.4, -0.2) is 17.1 Å². The van der Waals surface area contributed by atoms with E-state index >= 15 is 0 Å². The lowest BCUT2D eigenvalue weighted by atomic mass is 10.0. The number of hydrogen-bond donors (Lipinski definition) is 1. The van der Waals surface area contributed by atoms with E-state index in [1.54, 1.807) is 6.07 Å². The van der Waals surface area contributed by atoms with E-state index in [1.807, 2.05) is 12.1 Å². The van der Waals surface area contributed by atoms with Crippen molar-refractivity contribution >= 4 is 11.5 Å². The van der Waals surface area contributed by atoms with E-state index in [2.05, 4.69) is 23.7 Å². The molecule has 4 heteroatoms. The molecule has 2 heterocycles. The number of nitrogen functional groups attached to an aromatic ring is 1. The van der Waals surface area contributed by atoms with E-state index in [4.69, 9.17) is 11.0 Å². The van der Waals surface area contributed by atoms with Gasteiger partial charge in [0.05, 0.1) is 5.69 Å². The molecule has 2 N–H and O–H groups in total. The molecule has 1 aromatic heterocycles. The van der Waals surface area contributed by atoms with E-state index in [0.29, 0.717) is 11.4 Å². The van der Waals surface area contributed by atoms with Crippen LogP contribution in [0.15, 0.2) is 12.1 Å². The van der Waals surface area contributed by atoms with E-state index in [0.717, 1.165) is 18.8 Å². The van der Waals surface area contributed by atoms with Crippen LogP contribution >= 0.6 is 0 Å². The monoisotopic (exact) mass is 216 g/mol. The molecule has 0 spiro atoms. The third kappa shape index (κ3) is 1.69. The number of hydrogen-bond acceptors (Lipinski definition) is 4. The van der Waals surface area contributed by atoms with Crippen LogP contribution in [0.3, 0.4) is 0 Å². The summed E-state index contributed by atoms with van der Waals surface area (Å²) in [5.41, 5.74) is 6.55. The van der Waals surface area contributed by atoms with Crippen molar-refractivity contribution in [2.24, 2.45) is 0 Å². The Hall–Kier alpha value is -1.76. The maximum absolute atomic E-state index is 8.90. The molecular formula is C12H16N4. The Morgan fingerprint density at radius 2 is 2.25 bits per heavy atom. The molecule has 16 heavy (non-hydrogen) atoms. The Bertz CT molecular complexity index is 445. The molecule has 0 aliphatic carbocycles. The lowest BCUT2D eigenvalue weighted by molar-refractivity contribution is 0.514. The van der Waals surface area contributed by atoms with E-state index in [9.17, 15) is 0 Å². The molecule has 4 nitrogen and oxygen atoms in total. The quantitative estimate of drug-likeness (QED) is 0.778. The summed E-state index contributed by atoms with van der Waals surface area (Å²) in [6.07, 6.45) is 2.32. The minimum Gasteiger partial charge on any atom is -0.396 e. The fourth-order valence-electron chi connectivity index (χ4n) is 2.23. The number of nitrogens with zero attached hydrogens (tertiary/aromatic N) is 3. The van der Waals surface area contributed by atoms with Gasteiger partial charge in [0.25, 0.3) is 0 Å². The van der Waals surface area contributed by atoms with Gasteiger partial charge in [0.15, 0.2) is 5.69 Å². The Balaban J connectivity index is 2.39. The van der Waals surface area contributed by atoms with Gasteiger partial charge in [-0.1, -0.05) is 0 Å². The largest absolute Gasteiger partial charge is 0.396 e. The van der Waals surface area contributed by atoms with Gasteiger partial charge in [-0.2, -0.15) is 5.26 Å². The van der Waals surface area contributed by atoms with Crippen LogP contribution in [-0.2, 0) is 0 Å². The van der Waals surface area contributed by atoms with Crippen molar-refractivity contribution in [2.45, 2.75) is 32.2 Å². The van der Waals surface area contributed by atoms with Crippen molar-refractivity contribution in [3.63, 3.8) is 0 Å². The molecule has 0 amide bonds. The molecular weight excluding hydrogens is 200 g/mol. The van der Waals surface area contributed by atoms with Crippen LogP contribution in [0.4, 0.5) is 11.5 Å². The first-order chi connectivity index (χ1) is 7.54. The summed E-state index contributed by atoms with van der Waals surface area (Å²) in [5.74, 6) is 0.855. The number of anilines is 2. The highest BCUT2D eigenvalue weighted by atomic mass is 15.3. The van der Waals surface area contributed by atoms with Crippen molar-refractivity contribution < 1.29 is 0 Å². The van der Waals surface area contributed by atoms with Crippen LogP contribution in [0.25, 0.3) is 0 Å². The maximum Gasteiger partial charge on any atom is 0.165 e. The van der Waals surface area contributed by atoms with Crippen molar-refractivity contribution in [3.8, 4) is 6.07 Å².